The molecule has 1 heterocycles. The van der Waals surface area contributed by atoms with Crippen molar-refractivity contribution in [2.75, 3.05) is 19.6 Å². The molecule has 2 atom stereocenters. The van der Waals surface area contributed by atoms with Crippen molar-refractivity contribution in [2.24, 2.45) is 5.92 Å². The maximum Gasteiger partial charge on any atom is 0.0271 e. The molecule has 0 aromatic carbocycles. The summed E-state index contributed by atoms with van der Waals surface area (Å²) in [6.45, 7) is 9.09. The summed E-state index contributed by atoms with van der Waals surface area (Å²) in [5.74, 6) is 0.878. The van der Waals surface area contributed by atoms with Crippen LogP contribution in [0.1, 0.15) is 51.5 Å². The van der Waals surface area contributed by atoms with Crippen molar-refractivity contribution in [1.29, 1.82) is 0 Å². The molecule has 1 fully saturated rings. The molecule has 2 rings (SSSR count). The summed E-state index contributed by atoms with van der Waals surface area (Å²) in [5.41, 5.74) is 1.37. The molecular formula is C18H31N3. The van der Waals surface area contributed by atoms with Crippen LogP contribution >= 0.6 is 0 Å². The predicted molar refractivity (Wildman–Crippen MR) is 89.2 cm³/mol. The Bertz CT molecular complexity index is 379. The molecule has 118 valence electrons. The van der Waals surface area contributed by atoms with Crippen LogP contribution in [-0.2, 0) is 6.54 Å². The second-order valence-electron chi connectivity index (χ2n) is 6.26. The minimum Gasteiger partial charge on any atom is -0.314 e. The van der Waals surface area contributed by atoms with Gasteiger partial charge >= 0.3 is 0 Å². The lowest BCUT2D eigenvalue weighted by atomic mass is 9.99. The van der Waals surface area contributed by atoms with E-state index in [-0.39, 0.29) is 0 Å². The highest BCUT2D eigenvalue weighted by Crippen LogP contribution is 2.28. The molecule has 0 radical (unpaired) electrons. The zero-order chi connectivity index (χ0) is 14.9. The van der Waals surface area contributed by atoms with Crippen molar-refractivity contribution in [3.8, 4) is 0 Å². The monoisotopic (exact) mass is 289 g/mol. The summed E-state index contributed by atoms with van der Waals surface area (Å²) in [7, 11) is 0. The lowest BCUT2D eigenvalue weighted by Crippen LogP contribution is -2.35. The number of rotatable bonds is 9. The number of pyridine rings is 1. The van der Waals surface area contributed by atoms with Gasteiger partial charge in [0.1, 0.15) is 0 Å². The fraction of sp³-hybridized carbons (Fsp3) is 0.722. The van der Waals surface area contributed by atoms with Crippen molar-refractivity contribution in [3.05, 3.63) is 30.1 Å². The Morgan fingerprint density at radius 1 is 1.24 bits per heavy atom. The Morgan fingerprint density at radius 2 is 2.05 bits per heavy atom. The zero-order valence-electron chi connectivity index (χ0n) is 13.7. The fourth-order valence-electron chi connectivity index (χ4n) is 3.42. The molecule has 0 aliphatic heterocycles. The Labute approximate surface area is 130 Å². The summed E-state index contributed by atoms with van der Waals surface area (Å²) in [6.07, 6.45) is 10.6. The van der Waals surface area contributed by atoms with Crippen molar-refractivity contribution in [2.45, 2.75) is 58.5 Å². The van der Waals surface area contributed by atoms with E-state index in [4.69, 9.17) is 0 Å². The summed E-state index contributed by atoms with van der Waals surface area (Å²) in [5, 5.41) is 3.75. The average Bonchev–Trinajstić information content (AvgIpc) is 2.97. The van der Waals surface area contributed by atoms with E-state index in [0.29, 0.717) is 0 Å². The number of hydrogen-bond acceptors (Lipinski definition) is 3. The van der Waals surface area contributed by atoms with Gasteiger partial charge in [0, 0.05) is 25.0 Å². The van der Waals surface area contributed by atoms with Gasteiger partial charge in [0.2, 0.25) is 0 Å². The van der Waals surface area contributed by atoms with E-state index in [1.54, 1.807) is 0 Å². The first-order valence-corrected chi connectivity index (χ1v) is 8.68. The topological polar surface area (TPSA) is 28.2 Å². The van der Waals surface area contributed by atoms with Crippen LogP contribution in [0.2, 0.25) is 0 Å². The van der Waals surface area contributed by atoms with Gasteiger partial charge in [0.25, 0.3) is 0 Å². The molecular weight excluding hydrogens is 258 g/mol. The van der Waals surface area contributed by atoms with Gasteiger partial charge in [0.15, 0.2) is 0 Å². The SMILES string of the molecule is CCCNC1CCCC1CCN(CC)Cc1ccncc1. The van der Waals surface area contributed by atoms with Gasteiger partial charge in [0.05, 0.1) is 0 Å². The Morgan fingerprint density at radius 3 is 2.76 bits per heavy atom. The van der Waals surface area contributed by atoms with Gasteiger partial charge in [-0.05, 0) is 68.9 Å². The third-order valence-electron chi connectivity index (χ3n) is 4.73. The molecule has 3 heteroatoms. The number of nitrogens with zero attached hydrogens (tertiary/aromatic N) is 2. The van der Waals surface area contributed by atoms with E-state index in [0.717, 1.165) is 25.0 Å². The first-order valence-electron chi connectivity index (χ1n) is 8.68. The summed E-state index contributed by atoms with van der Waals surface area (Å²) >= 11 is 0. The molecule has 1 N–H and O–H groups in total. The first kappa shape index (κ1) is 16.4. The van der Waals surface area contributed by atoms with E-state index in [1.807, 2.05) is 12.4 Å². The largest absolute Gasteiger partial charge is 0.314 e. The van der Waals surface area contributed by atoms with Crippen LogP contribution in [0.4, 0.5) is 0 Å². The Kier molecular flexibility index (Phi) is 7.17. The molecule has 0 bridgehead atoms. The van der Waals surface area contributed by atoms with Gasteiger partial charge < -0.3 is 5.32 Å². The fourth-order valence-corrected chi connectivity index (χ4v) is 3.42. The van der Waals surface area contributed by atoms with E-state index in [9.17, 15) is 0 Å². The third-order valence-corrected chi connectivity index (χ3v) is 4.73. The Hall–Kier alpha value is -0.930. The van der Waals surface area contributed by atoms with Gasteiger partial charge in [-0.15, -0.1) is 0 Å². The summed E-state index contributed by atoms with van der Waals surface area (Å²) in [4.78, 5) is 6.66. The van der Waals surface area contributed by atoms with Crippen LogP contribution < -0.4 is 5.32 Å². The molecule has 0 spiro atoms. The van der Waals surface area contributed by atoms with E-state index < -0.39 is 0 Å². The summed E-state index contributed by atoms with van der Waals surface area (Å²) in [6, 6.07) is 5.03. The van der Waals surface area contributed by atoms with Crippen LogP contribution in [0.5, 0.6) is 0 Å². The summed E-state index contributed by atoms with van der Waals surface area (Å²) < 4.78 is 0. The average molecular weight is 289 g/mol. The standard InChI is InChI=1S/C18H31N3/c1-3-11-20-18-7-5-6-17(18)10-14-21(4-2)15-16-8-12-19-13-9-16/h8-9,12-13,17-18,20H,3-7,10-11,14-15H2,1-2H3. The maximum atomic E-state index is 4.10. The second-order valence-corrected chi connectivity index (χ2v) is 6.26. The molecule has 2 unspecified atom stereocenters. The van der Waals surface area contributed by atoms with Crippen LogP contribution in [0.25, 0.3) is 0 Å². The third kappa shape index (κ3) is 5.40. The van der Waals surface area contributed by atoms with E-state index >= 15 is 0 Å². The van der Waals surface area contributed by atoms with Gasteiger partial charge in [-0.2, -0.15) is 0 Å². The number of hydrogen-bond donors (Lipinski definition) is 1. The molecule has 3 nitrogen and oxygen atoms in total. The minimum absolute atomic E-state index is 0.768. The second kappa shape index (κ2) is 9.16. The van der Waals surface area contributed by atoms with Gasteiger partial charge in [-0.3, -0.25) is 9.88 Å². The predicted octanol–water partition coefficient (Wildman–Crippen LogP) is 3.46. The van der Waals surface area contributed by atoms with Crippen LogP contribution in [0, 0.1) is 5.92 Å². The highest BCUT2D eigenvalue weighted by molar-refractivity contribution is 5.09. The van der Waals surface area contributed by atoms with Crippen LogP contribution in [0.3, 0.4) is 0 Å². The van der Waals surface area contributed by atoms with Crippen molar-refractivity contribution in [1.82, 2.24) is 15.2 Å². The molecule has 21 heavy (non-hydrogen) atoms. The van der Waals surface area contributed by atoms with Crippen LogP contribution in [0.15, 0.2) is 24.5 Å². The molecule has 1 aliphatic carbocycles. The van der Waals surface area contributed by atoms with Crippen molar-refractivity contribution in [3.63, 3.8) is 0 Å². The van der Waals surface area contributed by atoms with Crippen molar-refractivity contribution < 1.29 is 0 Å². The normalized spacial score (nSPS) is 22.0. The molecule has 0 amide bonds. The smallest absolute Gasteiger partial charge is 0.0271 e. The quantitative estimate of drug-likeness (QED) is 0.754. The van der Waals surface area contributed by atoms with E-state index in [1.165, 1.54) is 50.8 Å². The maximum absolute atomic E-state index is 4.10. The minimum atomic E-state index is 0.768. The number of nitrogens with one attached hydrogen (secondary N) is 1. The van der Waals surface area contributed by atoms with Crippen molar-refractivity contribution >= 4 is 0 Å². The highest BCUT2D eigenvalue weighted by Gasteiger charge is 2.26. The lowest BCUT2D eigenvalue weighted by Gasteiger charge is -2.25. The van der Waals surface area contributed by atoms with Crippen LogP contribution in [-0.4, -0.2) is 35.6 Å². The highest BCUT2D eigenvalue weighted by atomic mass is 15.1. The number of aromatic nitrogens is 1. The zero-order valence-corrected chi connectivity index (χ0v) is 13.7. The first-order chi connectivity index (χ1) is 10.3. The molecule has 0 saturated heterocycles. The molecule has 1 aromatic rings. The lowest BCUT2D eigenvalue weighted by molar-refractivity contribution is 0.243. The molecule has 1 aromatic heterocycles. The Balaban J connectivity index is 1.77. The van der Waals surface area contributed by atoms with Gasteiger partial charge in [-0.1, -0.05) is 20.3 Å². The van der Waals surface area contributed by atoms with E-state index in [2.05, 4.69) is 41.2 Å². The molecule has 1 aliphatic rings. The van der Waals surface area contributed by atoms with Gasteiger partial charge in [-0.25, -0.2) is 0 Å². The molecule has 1 saturated carbocycles.